The average molecular weight is 211 g/mol. The summed E-state index contributed by atoms with van der Waals surface area (Å²) in [6.45, 7) is 1.27. The van der Waals surface area contributed by atoms with Crippen molar-refractivity contribution in [1.82, 2.24) is 20.1 Å². The molecule has 1 saturated heterocycles. The third kappa shape index (κ3) is 1.91. The molecule has 0 saturated carbocycles. The van der Waals surface area contributed by atoms with Gasteiger partial charge in [-0.1, -0.05) is 0 Å². The minimum Gasteiger partial charge on any atom is -0.380 e. The van der Waals surface area contributed by atoms with Crippen molar-refractivity contribution in [2.45, 2.75) is 12.5 Å². The third-order valence-electron chi connectivity index (χ3n) is 2.47. The Kier molecular flexibility index (Phi) is 2.55. The second kappa shape index (κ2) is 3.85. The molecule has 0 aliphatic carbocycles. The van der Waals surface area contributed by atoms with E-state index in [-0.39, 0.29) is 23.8 Å². The van der Waals surface area contributed by atoms with Crippen molar-refractivity contribution in [1.29, 1.82) is 0 Å². The van der Waals surface area contributed by atoms with Gasteiger partial charge in [-0.05, 0) is 6.42 Å². The lowest BCUT2D eigenvalue weighted by molar-refractivity contribution is 0.0714. The topological polar surface area (TPSA) is 97.1 Å². The van der Waals surface area contributed by atoms with Crippen molar-refractivity contribution >= 4 is 11.9 Å². The maximum atomic E-state index is 11.8. The largest absolute Gasteiger partial charge is 0.380 e. The summed E-state index contributed by atoms with van der Waals surface area (Å²) in [5.41, 5.74) is 5.32. The van der Waals surface area contributed by atoms with Crippen LogP contribution >= 0.6 is 0 Å². The second-order valence-corrected chi connectivity index (χ2v) is 3.44. The molecule has 2 heterocycles. The molecule has 0 bridgehead atoms. The van der Waals surface area contributed by atoms with E-state index in [0.29, 0.717) is 13.1 Å². The van der Waals surface area contributed by atoms with E-state index < -0.39 is 0 Å². The van der Waals surface area contributed by atoms with Gasteiger partial charge in [0, 0.05) is 20.2 Å². The van der Waals surface area contributed by atoms with Crippen LogP contribution in [-0.2, 0) is 4.74 Å². The standard InChI is InChI=1S/C8H13N5O2/c1-15-5-2-3-13(4-5)7(14)6-10-8(9)12-11-6/h5H,2-4H2,1H3,(H3,9,10,11,12). The van der Waals surface area contributed by atoms with E-state index in [1.807, 2.05) is 0 Å². The fourth-order valence-electron chi connectivity index (χ4n) is 1.63. The normalized spacial score (nSPS) is 20.9. The summed E-state index contributed by atoms with van der Waals surface area (Å²) in [6.07, 6.45) is 0.973. The van der Waals surface area contributed by atoms with Crippen LogP contribution in [0, 0.1) is 0 Å². The monoisotopic (exact) mass is 211 g/mol. The van der Waals surface area contributed by atoms with Crippen LogP contribution in [0.15, 0.2) is 0 Å². The Labute approximate surface area is 86.6 Å². The van der Waals surface area contributed by atoms with Crippen LogP contribution in [0.5, 0.6) is 0 Å². The van der Waals surface area contributed by atoms with Crippen LogP contribution in [-0.4, -0.2) is 52.3 Å². The van der Waals surface area contributed by atoms with Crippen molar-refractivity contribution < 1.29 is 9.53 Å². The van der Waals surface area contributed by atoms with Crippen molar-refractivity contribution in [2.75, 3.05) is 25.9 Å². The number of nitrogens with two attached hydrogens (primary N) is 1. The number of carbonyl (C=O) groups excluding carboxylic acids is 1. The molecule has 7 nitrogen and oxygen atoms in total. The van der Waals surface area contributed by atoms with Gasteiger partial charge in [-0.25, -0.2) is 0 Å². The molecule has 0 spiro atoms. The lowest BCUT2D eigenvalue weighted by Crippen LogP contribution is -2.30. The van der Waals surface area contributed by atoms with E-state index in [1.165, 1.54) is 0 Å². The van der Waals surface area contributed by atoms with Gasteiger partial charge in [0.25, 0.3) is 5.91 Å². The predicted molar refractivity (Wildman–Crippen MR) is 52.1 cm³/mol. The number of hydrogen-bond donors (Lipinski definition) is 2. The Morgan fingerprint density at radius 1 is 1.73 bits per heavy atom. The number of anilines is 1. The fourth-order valence-corrected chi connectivity index (χ4v) is 1.63. The number of aromatic nitrogens is 3. The molecule has 0 radical (unpaired) electrons. The van der Waals surface area contributed by atoms with Gasteiger partial charge >= 0.3 is 0 Å². The van der Waals surface area contributed by atoms with Crippen LogP contribution in [0.2, 0.25) is 0 Å². The number of rotatable bonds is 2. The minimum absolute atomic E-state index is 0.0841. The van der Waals surface area contributed by atoms with Crippen molar-refractivity contribution in [2.24, 2.45) is 0 Å². The number of amides is 1. The Balaban J connectivity index is 2.03. The van der Waals surface area contributed by atoms with Crippen LogP contribution in [0.25, 0.3) is 0 Å². The summed E-state index contributed by atoms with van der Waals surface area (Å²) in [5, 5.41) is 6.11. The molecule has 1 aliphatic rings. The zero-order valence-electron chi connectivity index (χ0n) is 8.43. The smallest absolute Gasteiger partial charge is 0.291 e. The first-order chi connectivity index (χ1) is 7.20. The molecular weight excluding hydrogens is 198 g/mol. The second-order valence-electron chi connectivity index (χ2n) is 3.44. The van der Waals surface area contributed by atoms with Crippen molar-refractivity contribution in [3.05, 3.63) is 5.82 Å². The molecule has 1 aromatic rings. The zero-order chi connectivity index (χ0) is 10.8. The van der Waals surface area contributed by atoms with Crippen molar-refractivity contribution in [3.63, 3.8) is 0 Å². The van der Waals surface area contributed by atoms with Crippen LogP contribution in [0.1, 0.15) is 17.0 Å². The highest BCUT2D eigenvalue weighted by Gasteiger charge is 2.28. The third-order valence-corrected chi connectivity index (χ3v) is 2.47. The number of ether oxygens (including phenoxy) is 1. The van der Waals surface area contributed by atoms with Gasteiger partial charge in [-0.2, -0.15) is 4.98 Å². The number of nitrogen functional groups attached to an aromatic ring is 1. The van der Waals surface area contributed by atoms with E-state index in [0.717, 1.165) is 6.42 Å². The molecule has 1 atom stereocenters. The average Bonchev–Trinajstić information content (AvgIpc) is 2.84. The summed E-state index contributed by atoms with van der Waals surface area (Å²) in [4.78, 5) is 17.3. The maximum Gasteiger partial charge on any atom is 0.291 e. The summed E-state index contributed by atoms with van der Waals surface area (Å²) >= 11 is 0. The molecular formula is C8H13N5O2. The number of nitrogens with one attached hydrogen (secondary N) is 1. The predicted octanol–water partition coefficient (Wildman–Crippen LogP) is -0.752. The first-order valence-electron chi connectivity index (χ1n) is 4.70. The number of carbonyl (C=O) groups is 1. The fraction of sp³-hybridized carbons (Fsp3) is 0.625. The van der Waals surface area contributed by atoms with Gasteiger partial charge in [0.1, 0.15) is 0 Å². The van der Waals surface area contributed by atoms with Gasteiger partial charge in [0.2, 0.25) is 11.8 Å². The van der Waals surface area contributed by atoms with Crippen molar-refractivity contribution in [3.8, 4) is 0 Å². The van der Waals surface area contributed by atoms with Gasteiger partial charge in [0.05, 0.1) is 6.10 Å². The quantitative estimate of drug-likeness (QED) is 0.670. The Morgan fingerprint density at radius 2 is 2.53 bits per heavy atom. The number of methoxy groups -OCH3 is 1. The van der Waals surface area contributed by atoms with E-state index in [1.54, 1.807) is 12.0 Å². The number of aromatic amines is 1. The molecule has 1 fully saturated rings. The molecule has 1 amide bonds. The summed E-state index contributed by atoms with van der Waals surface area (Å²) < 4.78 is 5.17. The number of H-pyrrole nitrogens is 1. The molecule has 1 aromatic heterocycles. The van der Waals surface area contributed by atoms with Gasteiger partial charge in [-0.15, -0.1) is 5.10 Å². The molecule has 0 aromatic carbocycles. The zero-order valence-corrected chi connectivity index (χ0v) is 8.43. The number of nitrogens with zero attached hydrogens (tertiary/aromatic N) is 3. The summed E-state index contributed by atoms with van der Waals surface area (Å²) in [6, 6.07) is 0. The first-order valence-corrected chi connectivity index (χ1v) is 4.70. The molecule has 7 heteroatoms. The maximum absolute atomic E-state index is 11.8. The highest BCUT2D eigenvalue weighted by molar-refractivity contribution is 5.90. The molecule has 1 unspecified atom stereocenters. The number of hydrogen-bond acceptors (Lipinski definition) is 5. The highest BCUT2D eigenvalue weighted by atomic mass is 16.5. The van der Waals surface area contributed by atoms with E-state index in [9.17, 15) is 4.79 Å². The molecule has 3 N–H and O–H groups in total. The lowest BCUT2D eigenvalue weighted by Gasteiger charge is -2.13. The molecule has 2 rings (SSSR count). The van der Waals surface area contributed by atoms with Gasteiger partial charge in [0.15, 0.2) is 0 Å². The highest BCUT2D eigenvalue weighted by Crippen LogP contribution is 2.13. The summed E-state index contributed by atoms with van der Waals surface area (Å²) in [5.74, 6) is 0.0869. The van der Waals surface area contributed by atoms with Gasteiger partial charge < -0.3 is 15.4 Å². The van der Waals surface area contributed by atoms with E-state index >= 15 is 0 Å². The Bertz CT molecular complexity index is 364. The van der Waals surface area contributed by atoms with Crippen LogP contribution in [0.3, 0.4) is 0 Å². The summed E-state index contributed by atoms with van der Waals surface area (Å²) in [7, 11) is 1.64. The van der Waals surface area contributed by atoms with E-state index in [4.69, 9.17) is 10.5 Å². The van der Waals surface area contributed by atoms with Crippen LogP contribution in [0.4, 0.5) is 5.95 Å². The molecule has 1 aliphatic heterocycles. The first kappa shape index (κ1) is 9.91. The molecule has 15 heavy (non-hydrogen) atoms. The Hall–Kier alpha value is -1.63. The Morgan fingerprint density at radius 3 is 3.07 bits per heavy atom. The minimum atomic E-state index is -0.182. The van der Waals surface area contributed by atoms with Gasteiger partial charge in [-0.3, -0.25) is 9.89 Å². The lowest BCUT2D eigenvalue weighted by atomic mass is 10.3. The number of likely N-dealkylation sites (tertiary alicyclic amines) is 1. The van der Waals surface area contributed by atoms with Crippen LogP contribution < -0.4 is 5.73 Å². The molecule has 82 valence electrons. The SMILES string of the molecule is COC1CCN(C(=O)c2nc(N)n[nH]2)C1. The van der Waals surface area contributed by atoms with E-state index in [2.05, 4.69) is 15.2 Å².